The van der Waals surface area contributed by atoms with Crippen molar-refractivity contribution in [2.75, 3.05) is 44.2 Å². The molecule has 1 aliphatic carbocycles. The molecule has 3 fully saturated rings. The average Bonchev–Trinajstić information content (AvgIpc) is 3.93. The van der Waals surface area contributed by atoms with E-state index >= 15 is 0 Å². The first-order chi connectivity index (χ1) is 22.2. The third-order valence-corrected chi connectivity index (χ3v) is 9.36. The van der Waals surface area contributed by atoms with Gasteiger partial charge in [0, 0.05) is 63.6 Å². The molecule has 3 amide bonds. The molecule has 3 aromatic rings. The standard InChI is InChI=1S/C37H44N4O5/c1-37(2,35(43)38-20-22-39(23-21-38)36(44)45)46-33-12-6-11-32(24-33)40-19-7-10-30(26-40)34(42)41(31-17-18-31)25-27-13-15-29(16-14-27)28-8-4-3-5-9-28/h3-6,8-9,11-16,24,30-31H,7,10,17-23,25-26H2,1-2H3,(H,44,45)/t30-/m1/s1. The molecular weight excluding hydrogens is 580 g/mol. The summed E-state index contributed by atoms with van der Waals surface area (Å²) in [5, 5.41) is 9.23. The Kier molecular flexibility index (Phi) is 9.20. The van der Waals surface area contributed by atoms with Gasteiger partial charge in [-0.05, 0) is 68.4 Å². The Hall–Kier alpha value is -4.53. The quantitative estimate of drug-likeness (QED) is 0.327. The molecule has 9 heteroatoms. The van der Waals surface area contributed by atoms with Crippen LogP contribution in [-0.4, -0.2) is 88.6 Å². The van der Waals surface area contributed by atoms with Gasteiger partial charge in [-0.2, -0.15) is 0 Å². The summed E-state index contributed by atoms with van der Waals surface area (Å²) in [6.07, 6.45) is 2.96. The maximum Gasteiger partial charge on any atom is 0.407 e. The fraction of sp³-hybridized carbons (Fsp3) is 0.432. The van der Waals surface area contributed by atoms with Crippen LogP contribution < -0.4 is 9.64 Å². The van der Waals surface area contributed by atoms with Crippen LogP contribution in [0.25, 0.3) is 11.1 Å². The van der Waals surface area contributed by atoms with Crippen molar-refractivity contribution in [3.05, 3.63) is 84.4 Å². The molecule has 3 aliphatic rings. The van der Waals surface area contributed by atoms with Gasteiger partial charge in [-0.3, -0.25) is 9.59 Å². The van der Waals surface area contributed by atoms with Crippen LogP contribution in [-0.2, 0) is 16.1 Å². The van der Waals surface area contributed by atoms with E-state index in [1.54, 1.807) is 18.7 Å². The second kappa shape index (κ2) is 13.4. The summed E-state index contributed by atoms with van der Waals surface area (Å²) in [5.74, 6) is 0.583. The van der Waals surface area contributed by atoms with Gasteiger partial charge in [-0.15, -0.1) is 0 Å². The minimum atomic E-state index is -1.12. The summed E-state index contributed by atoms with van der Waals surface area (Å²) in [5.41, 5.74) is 3.37. The average molecular weight is 625 g/mol. The van der Waals surface area contributed by atoms with Crippen LogP contribution in [0.5, 0.6) is 5.75 Å². The molecule has 1 N–H and O–H groups in total. The largest absolute Gasteiger partial charge is 0.478 e. The van der Waals surface area contributed by atoms with Crippen molar-refractivity contribution in [2.45, 2.75) is 57.7 Å². The minimum Gasteiger partial charge on any atom is -0.478 e. The van der Waals surface area contributed by atoms with Crippen molar-refractivity contribution in [2.24, 2.45) is 5.92 Å². The molecule has 0 radical (unpaired) electrons. The lowest BCUT2D eigenvalue weighted by Gasteiger charge is -2.38. The molecule has 0 aromatic heterocycles. The predicted molar refractivity (Wildman–Crippen MR) is 178 cm³/mol. The molecule has 0 bridgehead atoms. The summed E-state index contributed by atoms with van der Waals surface area (Å²) in [6, 6.07) is 27.0. The smallest absolute Gasteiger partial charge is 0.407 e. The Labute approximate surface area is 271 Å². The fourth-order valence-corrected chi connectivity index (χ4v) is 6.61. The first-order valence-corrected chi connectivity index (χ1v) is 16.4. The van der Waals surface area contributed by atoms with E-state index < -0.39 is 11.7 Å². The molecule has 2 saturated heterocycles. The van der Waals surface area contributed by atoms with E-state index in [0.717, 1.165) is 43.5 Å². The summed E-state index contributed by atoms with van der Waals surface area (Å²) in [7, 11) is 0. The molecule has 242 valence electrons. The van der Waals surface area contributed by atoms with Gasteiger partial charge in [0.15, 0.2) is 5.60 Å². The number of ether oxygens (including phenoxy) is 1. The summed E-state index contributed by atoms with van der Waals surface area (Å²) in [4.78, 5) is 45.9. The molecular formula is C37H44N4O5. The van der Waals surface area contributed by atoms with Gasteiger partial charge in [0.05, 0.1) is 5.92 Å². The number of benzene rings is 3. The van der Waals surface area contributed by atoms with Gasteiger partial charge < -0.3 is 29.4 Å². The van der Waals surface area contributed by atoms with Crippen LogP contribution in [0.1, 0.15) is 45.1 Å². The lowest BCUT2D eigenvalue weighted by Crippen LogP contribution is -2.56. The van der Waals surface area contributed by atoms with Crippen molar-refractivity contribution in [1.82, 2.24) is 14.7 Å². The van der Waals surface area contributed by atoms with E-state index in [-0.39, 0.29) is 17.7 Å². The third kappa shape index (κ3) is 7.30. The van der Waals surface area contributed by atoms with Gasteiger partial charge >= 0.3 is 6.09 Å². The molecule has 2 aliphatic heterocycles. The number of hydrogen-bond donors (Lipinski definition) is 1. The van der Waals surface area contributed by atoms with Gasteiger partial charge in [0.25, 0.3) is 5.91 Å². The Morgan fingerprint density at radius 3 is 2.17 bits per heavy atom. The van der Waals surface area contributed by atoms with E-state index in [1.165, 1.54) is 16.0 Å². The highest BCUT2D eigenvalue weighted by Crippen LogP contribution is 2.34. The first kappa shape index (κ1) is 31.5. The van der Waals surface area contributed by atoms with Gasteiger partial charge in [0.1, 0.15) is 5.75 Å². The van der Waals surface area contributed by atoms with Crippen LogP contribution in [0, 0.1) is 5.92 Å². The van der Waals surface area contributed by atoms with E-state index in [2.05, 4.69) is 46.2 Å². The number of carbonyl (C=O) groups is 3. The second-order valence-electron chi connectivity index (χ2n) is 13.2. The van der Waals surface area contributed by atoms with Crippen LogP contribution in [0.15, 0.2) is 78.9 Å². The minimum absolute atomic E-state index is 0.0787. The number of amides is 3. The molecule has 1 saturated carbocycles. The van der Waals surface area contributed by atoms with Crippen molar-refractivity contribution in [1.29, 1.82) is 0 Å². The number of anilines is 1. The van der Waals surface area contributed by atoms with Gasteiger partial charge in [-0.25, -0.2) is 4.79 Å². The number of carbonyl (C=O) groups excluding carboxylic acids is 2. The Morgan fingerprint density at radius 1 is 0.826 bits per heavy atom. The van der Waals surface area contributed by atoms with Crippen molar-refractivity contribution in [3.8, 4) is 16.9 Å². The zero-order valence-electron chi connectivity index (χ0n) is 26.8. The molecule has 1 atom stereocenters. The molecule has 3 aromatic carbocycles. The van der Waals surface area contributed by atoms with Crippen LogP contribution >= 0.6 is 0 Å². The highest BCUT2D eigenvalue weighted by Gasteiger charge is 2.38. The van der Waals surface area contributed by atoms with Crippen molar-refractivity contribution >= 4 is 23.6 Å². The Morgan fingerprint density at radius 2 is 1.50 bits per heavy atom. The molecule has 9 nitrogen and oxygen atoms in total. The maximum atomic E-state index is 14.0. The molecule has 46 heavy (non-hydrogen) atoms. The number of hydrogen-bond acceptors (Lipinski definition) is 5. The van der Waals surface area contributed by atoms with E-state index in [1.807, 2.05) is 42.5 Å². The van der Waals surface area contributed by atoms with Crippen LogP contribution in [0.4, 0.5) is 10.5 Å². The second-order valence-corrected chi connectivity index (χ2v) is 13.2. The molecule has 0 spiro atoms. The van der Waals surface area contributed by atoms with E-state index in [9.17, 15) is 19.5 Å². The van der Waals surface area contributed by atoms with Crippen LogP contribution in [0.3, 0.4) is 0 Å². The van der Waals surface area contributed by atoms with Gasteiger partial charge in [0.2, 0.25) is 5.91 Å². The number of carboxylic acid groups (broad SMARTS) is 1. The highest BCUT2D eigenvalue weighted by molar-refractivity contribution is 5.85. The maximum absolute atomic E-state index is 14.0. The lowest BCUT2D eigenvalue weighted by molar-refractivity contribution is -0.147. The predicted octanol–water partition coefficient (Wildman–Crippen LogP) is 5.74. The Bertz CT molecular complexity index is 1530. The number of piperazine rings is 1. The lowest BCUT2D eigenvalue weighted by atomic mass is 9.95. The third-order valence-electron chi connectivity index (χ3n) is 9.36. The monoisotopic (exact) mass is 624 g/mol. The molecule has 2 heterocycles. The van der Waals surface area contributed by atoms with E-state index in [0.29, 0.717) is 51.1 Å². The first-order valence-electron chi connectivity index (χ1n) is 16.4. The van der Waals surface area contributed by atoms with E-state index in [4.69, 9.17) is 4.74 Å². The zero-order chi connectivity index (χ0) is 32.3. The highest BCUT2D eigenvalue weighted by atomic mass is 16.5. The summed E-state index contributed by atoms with van der Waals surface area (Å²) < 4.78 is 6.25. The van der Waals surface area contributed by atoms with Gasteiger partial charge in [-0.1, -0.05) is 60.7 Å². The summed E-state index contributed by atoms with van der Waals surface area (Å²) >= 11 is 0. The Balaban J connectivity index is 1.08. The number of rotatable bonds is 9. The molecule has 0 unspecified atom stereocenters. The number of piperidine rings is 1. The molecule has 6 rings (SSSR count). The SMILES string of the molecule is CC(C)(Oc1cccc(N2CCC[C@@H](C(=O)N(Cc3ccc(-c4ccccc4)cc3)C3CC3)C2)c1)C(=O)N1CCN(C(=O)O)CC1. The zero-order valence-corrected chi connectivity index (χ0v) is 26.8. The van der Waals surface area contributed by atoms with Crippen molar-refractivity contribution in [3.63, 3.8) is 0 Å². The fourth-order valence-electron chi connectivity index (χ4n) is 6.61. The topological polar surface area (TPSA) is 93.6 Å². The number of nitrogens with zero attached hydrogens (tertiary/aromatic N) is 4. The normalized spacial score (nSPS) is 18.7. The van der Waals surface area contributed by atoms with Crippen molar-refractivity contribution < 1.29 is 24.2 Å². The van der Waals surface area contributed by atoms with Crippen LogP contribution in [0.2, 0.25) is 0 Å². The summed E-state index contributed by atoms with van der Waals surface area (Å²) in [6.45, 7) is 6.91.